The molecule has 0 radical (unpaired) electrons. The second-order valence-electron chi connectivity index (χ2n) is 9.27. The van der Waals surface area contributed by atoms with Crippen LogP contribution >= 0.6 is 0 Å². The Kier molecular flexibility index (Phi) is 5.41. The molecule has 1 saturated heterocycles. The van der Waals surface area contributed by atoms with Gasteiger partial charge in [0.15, 0.2) is 0 Å². The van der Waals surface area contributed by atoms with E-state index in [2.05, 4.69) is 49.7 Å². The maximum Gasteiger partial charge on any atom is 0.225 e. The summed E-state index contributed by atoms with van der Waals surface area (Å²) in [5, 5.41) is 9.76. The van der Waals surface area contributed by atoms with Crippen LogP contribution in [-0.4, -0.2) is 50.8 Å². The fourth-order valence-corrected chi connectivity index (χ4v) is 5.40. The van der Waals surface area contributed by atoms with Crippen LogP contribution in [0.15, 0.2) is 55.0 Å². The number of rotatable bonds is 4. The number of aliphatic hydroxyl groups is 1. The van der Waals surface area contributed by atoms with E-state index in [9.17, 15) is 5.11 Å². The van der Waals surface area contributed by atoms with Crippen LogP contribution in [0, 0.1) is 0 Å². The number of anilines is 1. The highest BCUT2D eigenvalue weighted by atomic mass is 16.5. The Bertz CT molecular complexity index is 1310. The van der Waals surface area contributed by atoms with Crippen molar-refractivity contribution in [2.45, 2.75) is 44.1 Å². The van der Waals surface area contributed by atoms with Crippen molar-refractivity contribution in [3.63, 3.8) is 0 Å². The second kappa shape index (κ2) is 8.72. The summed E-state index contributed by atoms with van der Waals surface area (Å²) >= 11 is 0. The molecule has 1 N–H and O–H groups in total. The maximum atomic E-state index is 9.76. The molecular weight excluding hydrogens is 426 g/mol. The highest BCUT2D eigenvalue weighted by Crippen LogP contribution is 2.41. The monoisotopic (exact) mass is 455 g/mol. The molecule has 0 bridgehead atoms. The normalized spacial score (nSPS) is 18.8. The van der Waals surface area contributed by atoms with Gasteiger partial charge in [0, 0.05) is 54.3 Å². The molecule has 6 rings (SSSR count). The lowest BCUT2D eigenvalue weighted by Gasteiger charge is -2.29. The lowest BCUT2D eigenvalue weighted by Crippen LogP contribution is -2.36. The number of aliphatic hydroxyl groups excluding tert-OH is 1. The molecule has 174 valence electrons. The minimum Gasteiger partial charge on any atom is -0.496 e. The van der Waals surface area contributed by atoms with Crippen molar-refractivity contribution >= 4 is 11.6 Å². The van der Waals surface area contributed by atoms with Gasteiger partial charge in [-0.25, -0.2) is 15.0 Å². The first-order valence-corrected chi connectivity index (χ1v) is 12.1. The standard InChI is InChI=1S/C27H29N5O2/c1-34-24-8-3-2-5-21(24)22-6-4-7-23-26(22)32-17-18(9-10-25(32)30-23)19-15-28-27(29-16-19)31-13-11-20(33)12-14-31/h2-3,5,8-10,15-17,20,22,33H,4,6-7,11-14H2,1H3. The van der Waals surface area contributed by atoms with Crippen LogP contribution in [0.1, 0.15) is 48.6 Å². The van der Waals surface area contributed by atoms with Gasteiger partial charge in [0.2, 0.25) is 5.95 Å². The molecule has 1 aromatic carbocycles. The van der Waals surface area contributed by atoms with Gasteiger partial charge in [0.05, 0.1) is 24.6 Å². The fraction of sp³-hybridized carbons (Fsp3) is 0.370. The number of benzene rings is 1. The van der Waals surface area contributed by atoms with E-state index in [0.29, 0.717) is 0 Å². The molecular formula is C27H29N5O2. The Hall–Kier alpha value is -3.45. The van der Waals surface area contributed by atoms with E-state index < -0.39 is 0 Å². The summed E-state index contributed by atoms with van der Waals surface area (Å²) in [6.45, 7) is 1.58. The third-order valence-corrected chi connectivity index (χ3v) is 7.20. The van der Waals surface area contributed by atoms with E-state index in [4.69, 9.17) is 9.72 Å². The van der Waals surface area contributed by atoms with Gasteiger partial charge in [-0.2, -0.15) is 0 Å². The molecule has 34 heavy (non-hydrogen) atoms. The smallest absolute Gasteiger partial charge is 0.225 e. The number of piperidine rings is 1. The van der Waals surface area contributed by atoms with Crippen LogP contribution in [0.25, 0.3) is 16.8 Å². The van der Waals surface area contributed by atoms with E-state index in [1.165, 1.54) is 17.0 Å². The third-order valence-electron chi connectivity index (χ3n) is 7.20. The topological polar surface area (TPSA) is 75.8 Å². The molecule has 1 fully saturated rings. The largest absolute Gasteiger partial charge is 0.496 e. The van der Waals surface area contributed by atoms with Crippen LogP contribution in [0.3, 0.4) is 0 Å². The predicted octanol–water partition coefficient (Wildman–Crippen LogP) is 4.23. The number of methoxy groups -OCH3 is 1. The second-order valence-corrected chi connectivity index (χ2v) is 9.27. The Morgan fingerprint density at radius 2 is 1.76 bits per heavy atom. The first kappa shape index (κ1) is 21.1. The molecule has 4 aromatic rings. The van der Waals surface area contributed by atoms with Gasteiger partial charge in [0.1, 0.15) is 11.4 Å². The summed E-state index contributed by atoms with van der Waals surface area (Å²) in [5.74, 6) is 1.91. The van der Waals surface area contributed by atoms with Crippen molar-refractivity contribution in [2.24, 2.45) is 0 Å². The minimum atomic E-state index is -0.206. The van der Waals surface area contributed by atoms with Crippen LogP contribution in [0.5, 0.6) is 5.75 Å². The van der Waals surface area contributed by atoms with Gasteiger partial charge in [-0.15, -0.1) is 0 Å². The van der Waals surface area contributed by atoms with Crippen molar-refractivity contribution in [1.29, 1.82) is 0 Å². The van der Waals surface area contributed by atoms with Crippen molar-refractivity contribution in [3.05, 3.63) is 71.9 Å². The van der Waals surface area contributed by atoms with E-state index in [-0.39, 0.29) is 12.0 Å². The fourth-order valence-electron chi connectivity index (χ4n) is 5.40. The van der Waals surface area contributed by atoms with Crippen molar-refractivity contribution < 1.29 is 9.84 Å². The number of fused-ring (bicyclic) bond motifs is 3. The van der Waals surface area contributed by atoms with Crippen molar-refractivity contribution in [3.8, 4) is 16.9 Å². The van der Waals surface area contributed by atoms with Crippen LogP contribution in [0.2, 0.25) is 0 Å². The van der Waals surface area contributed by atoms with Gasteiger partial charge in [-0.1, -0.05) is 18.2 Å². The summed E-state index contributed by atoms with van der Waals surface area (Å²) in [6.07, 6.45) is 10.5. The summed E-state index contributed by atoms with van der Waals surface area (Å²) in [5.41, 5.74) is 6.68. The average Bonchev–Trinajstić information content (AvgIpc) is 3.27. The number of ether oxygens (including phenoxy) is 1. The molecule has 1 unspecified atom stereocenters. The Balaban J connectivity index is 1.36. The number of imidazole rings is 1. The Morgan fingerprint density at radius 1 is 0.971 bits per heavy atom. The number of nitrogens with zero attached hydrogens (tertiary/aromatic N) is 5. The molecule has 0 amide bonds. The summed E-state index contributed by atoms with van der Waals surface area (Å²) < 4.78 is 7.95. The molecule has 3 aromatic heterocycles. The van der Waals surface area contributed by atoms with E-state index in [1.807, 2.05) is 24.5 Å². The third kappa shape index (κ3) is 3.70. The van der Waals surface area contributed by atoms with Gasteiger partial charge in [-0.05, 0) is 50.3 Å². The van der Waals surface area contributed by atoms with Gasteiger partial charge in [0.25, 0.3) is 0 Å². The number of aryl methyl sites for hydroxylation is 1. The molecule has 1 atom stereocenters. The van der Waals surface area contributed by atoms with Gasteiger partial charge in [-0.3, -0.25) is 0 Å². The Labute approximate surface area is 199 Å². The lowest BCUT2D eigenvalue weighted by atomic mass is 9.84. The molecule has 2 aliphatic rings. The zero-order valence-electron chi connectivity index (χ0n) is 19.4. The first-order chi connectivity index (χ1) is 16.7. The molecule has 0 saturated carbocycles. The van der Waals surface area contributed by atoms with Crippen LogP contribution in [-0.2, 0) is 6.42 Å². The highest BCUT2D eigenvalue weighted by molar-refractivity contribution is 5.64. The lowest BCUT2D eigenvalue weighted by molar-refractivity contribution is 0.145. The zero-order chi connectivity index (χ0) is 23.1. The predicted molar refractivity (Wildman–Crippen MR) is 131 cm³/mol. The Morgan fingerprint density at radius 3 is 2.56 bits per heavy atom. The molecule has 7 nitrogen and oxygen atoms in total. The average molecular weight is 456 g/mol. The van der Waals surface area contributed by atoms with Gasteiger partial charge >= 0.3 is 0 Å². The van der Waals surface area contributed by atoms with E-state index >= 15 is 0 Å². The quantitative estimate of drug-likeness (QED) is 0.496. The maximum absolute atomic E-state index is 9.76. The molecule has 0 spiro atoms. The number of hydrogen-bond donors (Lipinski definition) is 1. The number of hydrogen-bond acceptors (Lipinski definition) is 6. The van der Waals surface area contributed by atoms with Crippen molar-refractivity contribution in [2.75, 3.05) is 25.1 Å². The highest BCUT2D eigenvalue weighted by Gasteiger charge is 2.29. The minimum absolute atomic E-state index is 0.206. The number of para-hydroxylation sites is 1. The molecule has 4 heterocycles. The molecule has 1 aliphatic heterocycles. The van der Waals surface area contributed by atoms with Crippen molar-refractivity contribution in [1.82, 2.24) is 19.4 Å². The van der Waals surface area contributed by atoms with Crippen LogP contribution in [0.4, 0.5) is 5.95 Å². The number of pyridine rings is 1. The SMILES string of the molecule is COc1ccccc1C1CCCc2nc3ccc(-c4cnc(N5CCC(O)CC5)nc4)cn3c21. The summed E-state index contributed by atoms with van der Waals surface area (Å²) in [4.78, 5) is 16.4. The van der Waals surface area contributed by atoms with E-state index in [1.54, 1.807) is 7.11 Å². The first-order valence-electron chi connectivity index (χ1n) is 12.1. The van der Waals surface area contributed by atoms with Crippen LogP contribution < -0.4 is 9.64 Å². The van der Waals surface area contributed by atoms with E-state index in [0.717, 1.165) is 73.7 Å². The molecule has 7 heteroatoms. The molecule has 1 aliphatic carbocycles. The summed E-state index contributed by atoms with van der Waals surface area (Å²) in [6, 6.07) is 12.5. The summed E-state index contributed by atoms with van der Waals surface area (Å²) in [7, 11) is 1.74. The van der Waals surface area contributed by atoms with Gasteiger partial charge < -0.3 is 19.1 Å². The zero-order valence-corrected chi connectivity index (χ0v) is 19.4. The number of aromatic nitrogens is 4.